The summed E-state index contributed by atoms with van der Waals surface area (Å²) >= 11 is 1.27. The second-order valence-electron chi connectivity index (χ2n) is 8.16. The van der Waals surface area contributed by atoms with Crippen molar-refractivity contribution >= 4 is 28.3 Å². The standard InChI is InChI=1S/C27H24FN3O4S/c1-31(26(34)18(14-24(32)33)12-17-8-4-3-5-9-17)27-30-23(16-36-27)21-11-7-6-10-20(21)19-13-22(28)25(35-2)29-15-19/h3-11,13,15-16,18H,12,14H2,1-2H3,(H,32,33)/t18-/m1/s1. The third-order valence-electron chi connectivity index (χ3n) is 5.72. The van der Waals surface area contributed by atoms with Crippen molar-refractivity contribution in [3.05, 3.63) is 83.6 Å². The number of aliphatic carboxylic acids is 1. The zero-order chi connectivity index (χ0) is 25.7. The number of nitrogens with zero attached hydrogens (tertiary/aromatic N) is 3. The molecule has 0 aliphatic carbocycles. The number of anilines is 1. The molecular formula is C27H24FN3O4S. The second kappa shape index (κ2) is 11.1. The number of hydrogen-bond donors (Lipinski definition) is 1. The summed E-state index contributed by atoms with van der Waals surface area (Å²) in [6.45, 7) is 0. The van der Waals surface area contributed by atoms with Gasteiger partial charge in [0.1, 0.15) is 0 Å². The number of halogens is 1. The number of benzene rings is 2. The Kier molecular flexibility index (Phi) is 7.70. The van der Waals surface area contributed by atoms with Gasteiger partial charge in [-0.1, -0.05) is 54.6 Å². The van der Waals surface area contributed by atoms with E-state index in [-0.39, 0.29) is 18.2 Å². The summed E-state index contributed by atoms with van der Waals surface area (Å²) in [4.78, 5) is 34.8. The van der Waals surface area contributed by atoms with E-state index in [1.165, 1.54) is 35.6 Å². The third kappa shape index (κ3) is 5.58. The van der Waals surface area contributed by atoms with Crippen molar-refractivity contribution in [2.45, 2.75) is 12.8 Å². The largest absolute Gasteiger partial charge is 0.481 e. The molecule has 4 rings (SSSR count). The minimum atomic E-state index is -1.04. The van der Waals surface area contributed by atoms with Crippen molar-refractivity contribution in [1.82, 2.24) is 9.97 Å². The highest BCUT2D eigenvalue weighted by Gasteiger charge is 2.27. The summed E-state index contributed by atoms with van der Waals surface area (Å²) in [6.07, 6.45) is 1.56. The number of hydrogen-bond acceptors (Lipinski definition) is 6. The van der Waals surface area contributed by atoms with Crippen molar-refractivity contribution in [2.75, 3.05) is 19.1 Å². The molecule has 1 amide bonds. The highest BCUT2D eigenvalue weighted by Crippen LogP contribution is 2.35. The van der Waals surface area contributed by atoms with Crippen LogP contribution in [0.1, 0.15) is 12.0 Å². The molecule has 0 saturated carbocycles. The average molecular weight is 506 g/mol. The molecule has 184 valence electrons. The van der Waals surface area contributed by atoms with Crippen LogP contribution in [0, 0.1) is 11.7 Å². The van der Waals surface area contributed by atoms with E-state index in [9.17, 15) is 19.1 Å². The van der Waals surface area contributed by atoms with Gasteiger partial charge >= 0.3 is 5.97 Å². The fraction of sp³-hybridized carbons (Fsp3) is 0.185. The van der Waals surface area contributed by atoms with Gasteiger partial charge in [0.05, 0.1) is 25.1 Å². The lowest BCUT2D eigenvalue weighted by Crippen LogP contribution is -2.35. The molecule has 2 aromatic carbocycles. The van der Waals surface area contributed by atoms with Crippen LogP contribution in [-0.2, 0) is 16.0 Å². The van der Waals surface area contributed by atoms with Gasteiger partial charge in [-0.25, -0.2) is 14.4 Å². The molecule has 0 bridgehead atoms. The fourth-order valence-electron chi connectivity index (χ4n) is 3.95. The molecule has 9 heteroatoms. The lowest BCUT2D eigenvalue weighted by Gasteiger charge is -2.21. The maximum absolute atomic E-state index is 14.3. The average Bonchev–Trinajstić information content (AvgIpc) is 3.38. The van der Waals surface area contributed by atoms with Crippen molar-refractivity contribution < 1.29 is 23.8 Å². The van der Waals surface area contributed by atoms with E-state index < -0.39 is 17.7 Å². The smallest absolute Gasteiger partial charge is 0.304 e. The molecule has 36 heavy (non-hydrogen) atoms. The van der Waals surface area contributed by atoms with Gasteiger partial charge in [-0.15, -0.1) is 11.3 Å². The van der Waals surface area contributed by atoms with E-state index in [1.54, 1.807) is 7.05 Å². The Bertz CT molecular complexity index is 1380. The number of amides is 1. The molecule has 0 spiro atoms. The Morgan fingerprint density at radius 3 is 2.47 bits per heavy atom. The minimum Gasteiger partial charge on any atom is -0.481 e. The van der Waals surface area contributed by atoms with Crippen LogP contribution >= 0.6 is 11.3 Å². The van der Waals surface area contributed by atoms with Gasteiger partial charge in [0.2, 0.25) is 11.8 Å². The molecule has 0 aliphatic heterocycles. The van der Waals surface area contributed by atoms with Crippen molar-refractivity contribution in [3.63, 3.8) is 0 Å². The van der Waals surface area contributed by atoms with E-state index in [2.05, 4.69) is 9.97 Å². The number of rotatable bonds is 9. The Balaban J connectivity index is 1.61. The van der Waals surface area contributed by atoms with Crippen molar-refractivity contribution in [1.29, 1.82) is 0 Å². The predicted molar refractivity (Wildman–Crippen MR) is 137 cm³/mol. The number of methoxy groups -OCH3 is 1. The lowest BCUT2D eigenvalue weighted by atomic mass is 9.95. The maximum Gasteiger partial charge on any atom is 0.304 e. The molecule has 0 unspecified atom stereocenters. The van der Waals surface area contributed by atoms with Crippen molar-refractivity contribution in [2.24, 2.45) is 5.92 Å². The molecule has 0 fully saturated rings. The molecule has 2 aromatic heterocycles. The molecule has 0 saturated heterocycles. The van der Waals surface area contributed by atoms with Crippen LogP contribution in [0.3, 0.4) is 0 Å². The maximum atomic E-state index is 14.3. The minimum absolute atomic E-state index is 0.0845. The molecular weight excluding hydrogens is 481 g/mol. The first-order valence-electron chi connectivity index (χ1n) is 11.2. The topological polar surface area (TPSA) is 92.6 Å². The molecule has 2 heterocycles. The number of thiazole rings is 1. The number of carboxylic acids is 1. The highest BCUT2D eigenvalue weighted by atomic mass is 32.1. The van der Waals surface area contributed by atoms with Crippen LogP contribution in [-0.4, -0.2) is 41.1 Å². The van der Waals surface area contributed by atoms with Crippen LogP contribution < -0.4 is 9.64 Å². The van der Waals surface area contributed by atoms with Crippen LogP contribution in [0.4, 0.5) is 9.52 Å². The number of carboxylic acid groups (broad SMARTS) is 1. The SMILES string of the molecule is COc1ncc(-c2ccccc2-c2csc(N(C)C(=O)[C@@H](CC(=O)O)Cc3ccccc3)n2)cc1F. The number of aromatic nitrogens is 2. The Hall–Kier alpha value is -4.11. The van der Waals surface area contributed by atoms with Crippen LogP contribution in [0.5, 0.6) is 5.88 Å². The van der Waals surface area contributed by atoms with Gasteiger partial charge < -0.3 is 9.84 Å². The molecule has 1 atom stereocenters. The first-order chi connectivity index (χ1) is 17.4. The molecule has 0 radical (unpaired) electrons. The third-order valence-corrected chi connectivity index (χ3v) is 6.64. The molecule has 0 aliphatic rings. The number of pyridine rings is 1. The summed E-state index contributed by atoms with van der Waals surface area (Å²) in [7, 11) is 2.95. The summed E-state index contributed by atoms with van der Waals surface area (Å²) < 4.78 is 19.2. The summed E-state index contributed by atoms with van der Waals surface area (Å²) in [6, 6.07) is 18.1. The highest BCUT2D eigenvalue weighted by molar-refractivity contribution is 7.14. The molecule has 1 N–H and O–H groups in total. The summed E-state index contributed by atoms with van der Waals surface area (Å²) in [5.41, 5.74) is 3.54. The van der Waals surface area contributed by atoms with E-state index in [4.69, 9.17) is 4.74 Å². The monoisotopic (exact) mass is 505 g/mol. The van der Waals surface area contributed by atoms with E-state index in [0.29, 0.717) is 22.8 Å². The Morgan fingerprint density at radius 2 is 1.81 bits per heavy atom. The predicted octanol–water partition coefficient (Wildman–Crippen LogP) is 5.32. The van der Waals surface area contributed by atoms with Gasteiger partial charge in [-0.2, -0.15) is 0 Å². The second-order valence-corrected chi connectivity index (χ2v) is 8.99. The van der Waals surface area contributed by atoms with Crippen molar-refractivity contribution in [3.8, 4) is 28.3 Å². The lowest BCUT2D eigenvalue weighted by molar-refractivity contribution is -0.140. The zero-order valence-corrected chi connectivity index (χ0v) is 20.5. The number of ether oxygens (including phenoxy) is 1. The number of carbonyl (C=O) groups excluding carboxylic acids is 1. The first kappa shape index (κ1) is 25.0. The van der Waals surface area contributed by atoms with Crippen LogP contribution in [0.15, 0.2) is 72.2 Å². The zero-order valence-electron chi connectivity index (χ0n) is 19.7. The molecule has 7 nitrogen and oxygen atoms in total. The van der Waals surface area contributed by atoms with Crippen LogP contribution in [0.25, 0.3) is 22.4 Å². The summed E-state index contributed by atoms with van der Waals surface area (Å²) in [5, 5.41) is 11.6. The Labute approximate surface area is 211 Å². The van der Waals surface area contributed by atoms with Gasteiger partial charge in [0.25, 0.3) is 0 Å². The van der Waals surface area contributed by atoms with E-state index in [1.807, 2.05) is 60.0 Å². The van der Waals surface area contributed by atoms with Gasteiger partial charge in [0.15, 0.2) is 10.9 Å². The fourth-order valence-corrected chi connectivity index (χ4v) is 4.74. The van der Waals surface area contributed by atoms with E-state index in [0.717, 1.165) is 16.7 Å². The van der Waals surface area contributed by atoms with Crippen LogP contribution in [0.2, 0.25) is 0 Å². The van der Waals surface area contributed by atoms with Gasteiger partial charge in [-0.05, 0) is 23.6 Å². The number of carbonyl (C=O) groups is 2. The Morgan fingerprint density at radius 1 is 1.11 bits per heavy atom. The quantitative estimate of drug-likeness (QED) is 0.331. The summed E-state index contributed by atoms with van der Waals surface area (Å²) in [5.74, 6) is -2.75. The van der Waals surface area contributed by atoms with E-state index >= 15 is 0 Å². The van der Waals surface area contributed by atoms with Gasteiger partial charge in [-0.3, -0.25) is 14.5 Å². The van der Waals surface area contributed by atoms with Gasteiger partial charge in [0, 0.05) is 29.8 Å². The normalized spacial score (nSPS) is 11.6. The molecule has 4 aromatic rings. The first-order valence-corrected chi connectivity index (χ1v) is 12.0.